The van der Waals surface area contributed by atoms with Gasteiger partial charge < -0.3 is 14.5 Å². The van der Waals surface area contributed by atoms with Crippen LogP contribution in [0.5, 0.6) is 0 Å². The van der Waals surface area contributed by atoms with Crippen molar-refractivity contribution in [3.05, 3.63) is 57.3 Å². The molecule has 0 aromatic heterocycles. The van der Waals surface area contributed by atoms with Crippen LogP contribution in [-0.4, -0.2) is 46.0 Å². The molecule has 2 aliphatic heterocycles. The predicted molar refractivity (Wildman–Crippen MR) is 130 cm³/mol. The van der Waals surface area contributed by atoms with E-state index in [0.29, 0.717) is 17.8 Å². The van der Waals surface area contributed by atoms with Gasteiger partial charge in [0.05, 0.1) is 23.7 Å². The number of nitrogens with zero attached hydrogens (tertiary/aromatic N) is 3. The average molecular weight is 456 g/mol. The summed E-state index contributed by atoms with van der Waals surface area (Å²) in [6.45, 7) is 14.1. The molecule has 1 aromatic rings. The van der Waals surface area contributed by atoms with Gasteiger partial charge in [0.25, 0.3) is 0 Å². The van der Waals surface area contributed by atoms with Crippen molar-refractivity contribution in [2.75, 3.05) is 13.6 Å². The summed E-state index contributed by atoms with van der Waals surface area (Å²) in [6.07, 6.45) is 0.248. The van der Waals surface area contributed by atoms with Gasteiger partial charge >= 0.3 is 5.97 Å². The molecule has 0 fully saturated rings. The van der Waals surface area contributed by atoms with Crippen LogP contribution in [0, 0.1) is 13.8 Å². The number of amides is 1. The highest BCUT2D eigenvalue weighted by molar-refractivity contribution is 8.16. The van der Waals surface area contributed by atoms with Crippen LogP contribution >= 0.6 is 11.8 Å². The highest BCUT2D eigenvalue weighted by Gasteiger charge is 2.42. The van der Waals surface area contributed by atoms with E-state index in [1.807, 2.05) is 58.8 Å². The Morgan fingerprint density at radius 2 is 1.91 bits per heavy atom. The molecule has 0 spiro atoms. The summed E-state index contributed by atoms with van der Waals surface area (Å²) < 4.78 is 5.80. The fraction of sp³-hybridized carbons (Fsp3) is 0.480. The molecule has 2 heterocycles. The Kier molecular flexibility index (Phi) is 6.89. The number of aryl methyl sites for hydroxylation is 2. The molecule has 2 aliphatic rings. The maximum Gasteiger partial charge on any atom is 0.338 e. The van der Waals surface area contributed by atoms with Crippen LogP contribution in [0.1, 0.15) is 63.8 Å². The predicted octanol–water partition coefficient (Wildman–Crippen LogP) is 5.09. The molecule has 1 atom stereocenters. The van der Waals surface area contributed by atoms with Gasteiger partial charge in [0, 0.05) is 19.3 Å². The Labute approximate surface area is 195 Å². The van der Waals surface area contributed by atoms with Crippen LogP contribution in [0.4, 0.5) is 0 Å². The fourth-order valence-electron chi connectivity index (χ4n) is 3.78. The van der Waals surface area contributed by atoms with E-state index < -0.39 is 11.6 Å². The molecule has 0 aliphatic carbocycles. The van der Waals surface area contributed by atoms with E-state index in [-0.39, 0.29) is 18.3 Å². The number of aliphatic imine (C=N–C) groups is 1. The molecule has 0 N–H and O–H groups in total. The quantitative estimate of drug-likeness (QED) is 0.579. The number of esters is 1. The molecule has 0 bridgehead atoms. The van der Waals surface area contributed by atoms with Gasteiger partial charge in [0.2, 0.25) is 5.91 Å². The first-order valence-corrected chi connectivity index (χ1v) is 11.8. The number of amidine groups is 1. The second-order valence-electron chi connectivity index (χ2n) is 9.34. The first-order chi connectivity index (χ1) is 14.9. The van der Waals surface area contributed by atoms with E-state index in [1.54, 1.807) is 11.9 Å². The van der Waals surface area contributed by atoms with Gasteiger partial charge in [-0.15, -0.1) is 0 Å². The van der Waals surface area contributed by atoms with Crippen molar-refractivity contribution in [1.29, 1.82) is 0 Å². The molecule has 1 amide bonds. The van der Waals surface area contributed by atoms with E-state index in [9.17, 15) is 9.59 Å². The van der Waals surface area contributed by atoms with Gasteiger partial charge in [-0.2, -0.15) is 0 Å². The zero-order valence-corrected chi connectivity index (χ0v) is 21.1. The minimum Gasteiger partial charge on any atom is -0.456 e. The van der Waals surface area contributed by atoms with Crippen molar-refractivity contribution in [2.24, 2.45) is 4.99 Å². The van der Waals surface area contributed by atoms with Crippen LogP contribution in [0.15, 0.2) is 45.6 Å². The molecule has 6 nitrogen and oxygen atoms in total. The molecule has 0 saturated carbocycles. The van der Waals surface area contributed by atoms with Crippen LogP contribution in [0.25, 0.3) is 0 Å². The lowest BCUT2D eigenvalue weighted by Gasteiger charge is -2.38. The summed E-state index contributed by atoms with van der Waals surface area (Å²) in [5.74, 6) is -0.345. The third-order valence-corrected chi connectivity index (χ3v) is 6.47. The molecule has 3 rings (SSSR count). The van der Waals surface area contributed by atoms with Gasteiger partial charge in [-0.3, -0.25) is 4.79 Å². The molecular weight excluding hydrogens is 422 g/mol. The number of fused-ring (bicyclic) bond motifs is 1. The highest BCUT2D eigenvalue weighted by Crippen LogP contribution is 2.46. The Hall–Kier alpha value is -2.54. The summed E-state index contributed by atoms with van der Waals surface area (Å²) in [7, 11) is 1.80. The summed E-state index contributed by atoms with van der Waals surface area (Å²) in [5, 5.41) is 2.76. The standard InChI is InChI=1S/C25H33N3O3S/c1-9-27(8)20(29)13-18-14-32-24-26-17(4)21(23(30)31-25(5,6)7)22(28(18)24)19-12-15(2)10-11-16(19)3/h10-12,14,22H,9,13H2,1-8H3. The highest BCUT2D eigenvalue weighted by atomic mass is 32.2. The number of hydrogen-bond acceptors (Lipinski definition) is 6. The summed E-state index contributed by atoms with van der Waals surface area (Å²) >= 11 is 1.49. The zero-order valence-electron chi connectivity index (χ0n) is 20.3. The van der Waals surface area contributed by atoms with Crippen LogP contribution in [-0.2, 0) is 14.3 Å². The molecule has 32 heavy (non-hydrogen) atoms. The van der Waals surface area contributed by atoms with Crippen molar-refractivity contribution in [2.45, 2.75) is 66.5 Å². The first-order valence-electron chi connectivity index (χ1n) is 10.9. The average Bonchev–Trinajstić information content (AvgIpc) is 3.08. The lowest BCUT2D eigenvalue weighted by molar-refractivity contribution is -0.150. The van der Waals surface area contributed by atoms with E-state index >= 15 is 0 Å². The van der Waals surface area contributed by atoms with Gasteiger partial charge in [-0.25, -0.2) is 9.79 Å². The number of benzene rings is 1. The molecule has 0 saturated heterocycles. The maximum absolute atomic E-state index is 13.4. The van der Waals surface area contributed by atoms with Crippen molar-refractivity contribution < 1.29 is 14.3 Å². The zero-order chi connectivity index (χ0) is 23.8. The Bertz CT molecular complexity index is 1030. The van der Waals surface area contributed by atoms with Crippen molar-refractivity contribution >= 4 is 28.8 Å². The van der Waals surface area contributed by atoms with E-state index in [0.717, 1.165) is 27.6 Å². The third-order valence-electron chi connectivity index (χ3n) is 5.58. The monoisotopic (exact) mass is 455 g/mol. The number of rotatable bonds is 5. The van der Waals surface area contributed by atoms with Crippen LogP contribution in [0.2, 0.25) is 0 Å². The minimum atomic E-state index is -0.626. The summed E-state index contributed by atoms with van der Waals surface area (Å²) in [4.78, 5) is 34.6. The topological polar surface area (TPSA) is 62.2 Å². The van der Waals surface area contributed by atoms with Gasteiger partial charge in [-0.1, -0.05) is 35.5 Å². The van der Waals surface area contributed by atoms with Gasteiger partial charge in [0.1, 0.15) is 5.60 Å². The van der Waals surface area contributed by atoms with E-state index in [2.05, 4.69) is 18.2 Å². The number of carbonyl (C=O) groups excluding carboxylic acids is 2. The summed E-state index contributed by atoms with van der Waals surface area (Å²) in [5.41, 5.74) is 4.58. The van der Waals surface area contributed by atoms with E-state index in [4.69, 9.17) is 9.73 Å². The number of carbonyl (C=O) groups is 2. The Morgan fingerprint density at radius 1 is 1.22 bits per heavy atom. The third kappa shape index (κ3) is 4.93. The minimum absolute atomic E-state index is 0.0328. The normalized spacial score (nSPS) is 18.2. The van der Waals surface area contributed by atoms with E-state index in [1.165, 1.54) is 11.8 Å². The molecule has 1 aromatic carbocycles. The number of ether oxygens (including phenoxy) is 1. The van der Waals surface area contributed by atoms with Gasteiger partial charge in [-0.05, 0) is 65.0 Å². The van der Waals surface area contributed by atoms with Crippen molar-refractivity contribution in [3.63, 3.8) is 0 Å². The molecule has 1 unspecified atom stereocenters. The van der Waals surface area contributed by atoms with Crippen LogP contribution < -0.4 is 0 Å². The first kappa shape index (κ1) is 24.1. The fourth-order valence-corrected chi connectivity index (χ4v) is 4.74. The lowest BCUT2D eigenvalue weighted by Crippen LogP contribution is -2.39. The van der Waals surface area contributed by atoms with Crippen molar-refractivity contribution in [1.82, 2.24) is 9.80 Å². The SMILES string of the molecule is CCN(C)C(=O)CC1=CSC2=NC(C)=C(C(=O)OC(C)(C)C)C(c3cc(C)ccc3C)N12. The Balaban J connectivity index is 2.13. The molecule has 0 radical (unpaired) electrons. The number of thioether (sulfide) groups is 1. The number of allylic oxidation sites excluding steroid dienone is 1. The lowest BCUT2D eigenvalue weighted by atomic mass is 9.89. The second-order valence-corrected chi connectivity index (χ2v) is 10.2. The smallest absolute Gasteiger partial charge is 0.338 e. The molecule has 172 valence electrons. The molecular formula is C25H33N3O3S. The Morgan fingerprint density at radius 3 is 2.53 bits per heavy atom. The second kappa shape index (κ2) is 9.14. The largest absolute Gasteiger partial charge is 0.456 e. The van der Waals surface area contributed by atoms with Gasteiger partial charge in [0.15, 0.2) is 5.17 Å². The molecule has 7 heteroatoms. The number of hydrogen-bond donors (Lipinski definition) is 0. The maximum atomic E-state index is 13.4. The van der Waals surface area contributed by atoms with Crippen molar-refractivity contribution in [3.8, 4) is 0 Å². The van der Waals surface area contributed by atoms with Crippen LogP contribution in [0.3, 0.4) is 0 Å². The summed E-state index contributed by atoms with van der Waals surface area (Å²) in [6, 6.07) is 5.84.